The summed E-state index contributed by atoms with van der Waals surface area (Å²) in [6.45, 7) is 3.94. The second-order valence-corrected chi connectivity index (χ2v) is 5.58. The number of ether oxygens (including phenoxy) is 2. The van der Waals surface area contributed by atoms with Crippen molar-refractivity contribution in [2.45, 2.75) is 0 Å². The highest BCUT2D eigenvalue weighted by atomic mass is 35.5. The minimum atomic E-state index is -0.513. The molecule has 0 heterocycles. The van der Waals surface area contributed by atoms with Crippen molar-refractivity contribution in [1.29, 1.82) is 5.26 Å². The van der Waals surface area contributed by atoms with E-state index in [-0.39, 0.29) is 5.57 Å². The zero-order valence-corrected chi connectivity index (χ0v) is 14.9. The first-order valence-electron chi connectivity index (χ1n) is 7.68. The summed E-state index contributed by atoms with van der Waals surface area (Å²) in [7, 11) is 1.52. The highest BCUT2D eigenvalue weighted by Crippen LogP contribution is 2.29. The predicted octanol–water partition coefficient (Wildman–Crippen LogP) is 4.46. The molecule has 26 heavy (non-hydrogen) atoms. The molecule has 0 radical (unpaired) electrons. The Morgan fingerprint density at radius 2 is 2.00 bits per heavy atom. The van der Waals surface area contributed by atoms with Crippen LogP contribution in [0.3, 0.4) is 0 Å². The van der Waals surface area contributed by atoms with Gasteiger partial charge in [-0.05, 0) is 48.0 Å². The smallest absolute Gasteiger partial charge is 0.266 e. The molecular formula is C20H17ClN2O3. The molecule has 0 aliphatic rings. The molecule has 0 saturated carbocycles. The maximum atomic E-state index is 12.3. The molecule has 5 nitrogen and oxygen atoms in total. The van der Waals surface area contributed by atoms with E-state index in [0.717, 1.165) is 0 Å². The topological polar surface area (TPSA) is 71.3 Å². The molecule has 0 atom stereocenters. The van der Waals surface area contributed by atoms with Crippen LogP contribution < -0.4 is 14.8 Å². The molecule has 0 aliphatic carbocycles. The van der Waals surface area contributed by atoms with Crippen molar-refractivity contribution >= 4 is 29.3 Å². The fourth-order valence-corrected chi connectivity index (χ4v) is 2.21. The maximum absolute atomic E-state index is 12.3. The van der Waals surface area contributed by atoms with Gasteiger partial charge in [-0.3, -0.25) is 4.79 Å². The lowest BCUT2D eigenvalue weighted by atomic mass is 10.1. The molecule has 0 aliphatic heterocycles. The number of methoxy groups -OCH3 is 1. The summed E-state index contributed by atoms with van der Waals surface area (Å²) < 4.78 is 10.8. The lowest BCUT2D eigenvalue weighted by Gasteiger charge is -2.10. The number of benzene rings is 2. The molecule has 2 aromatic carbocycles. The van der Waals surface area contributed by atoms with Crippen molar-refractivity contribution in [1.82, 2.24) is 0 Å². The first-order valence-corrected chi connectivity index (χ1v) is 8.05. The average Bonchev–Trinajstić information content (AvgIpc) is 2.66. The Hall–Kier alpha value is -3.23. The Labute approximate surface area is 157 Å². The van der Waals surface area contributed by atoms with E-state index in [1.54, 1.807) is 48.5 Å². The number of hydrogen-bond acceptors (Lipinski definition) is 4. The third kappa shape index (κ3) is 5.13. The third-order valence-corrected chi connectivity index (χ3v) is 3.57. The number of nitrogens with zero attached hydrogens (tertiary/aromatic N) is 1. The minimum absolute atomic E-state index is 0.0400. The van der Waals surface area contributed by atoms with Crippen molar-refractivity contribution in [2.75, 3.05) is 19.0 Å². The molecule has 132 valence electrons. The summed E-state index contributed by atoms with van der Waals surface area (Å²) in [6.07, 6.45) is 3.10. The normalized spacial score (nSPS) is 10.6. The zero-order valence-electron chi connectivity index (χ0n) is 14.2. The van der Waals surface area contributed by atoms with Crippen LogP contribution in [0.1, 0.15) is 5.56 Å². The van der Waals surface area contributed by atoms with E-state index in [1.165, 1.54) is 13.2 Å². The van der Waals surface area contributed by atoms with Gasteiger partial charge in [-0.15, -0.1) is 0 Å². The monoisotopic (exact) mass is 368 g/mol. The van der Waals surface area contributed by atoms with Gasteiger partial charge >= 0.3 is 0 Å². The summed E-state index contributed by atoms with van der Waals surface area (Å²) in [5.41, 5.74) is 1.14. The Morgan fingerprint density at radius 1 is 1.27 bits per heavy atom. The predicted molar refractivity (Wildman–Crippen MR) is 102 cm³/mol. The van der Waals surface area contributed by atoms with Gasteiger partial charge in [0, 0.05) is 10.7 Å². The fraction of sp³-hybridized carbons (Fsp3) is 0.100. The van der Waals surface area contributed by atoms with Crippen molar-refractivity contribution in [3.8, 4) is 17.6 Å². The second-order valence-electron chi connectivity index (χ2n) is 5.14. The first kappa shape index (κ1) is 19.1. The molecular weight excluding hydrogens is 352 g/mol. The van der Waals surface area contributed by atoms with Crippen LogP contribution in [0.2, 0.25) is 5.02 Å². The Balaban J connectivity index is 2.21. The summed E-state index contributed by atoms with van der Waals surface area (Å²) in [5, 5.41) is 12.5. The number of halogens is 1. The van der Waals surface area contributed by atoms with Gasteiger partial charge in [0.15, 0.2) is 11.5 Å². The van der Waals surface area contributed by atoms with Crippen molar-refractivity contribution in [2.24, 2.45) is 0 Å². The van der Waals surface area contributed by atoms with Crippen molar-refractivity contribution in [3.63, 3.8) is 0 Å². The minimum Gasteiger partial charge on any atom is -0.493 e. The molecule has 2 aromatic rings. The number of anilines is 1. The summed E-state index contributed by atoms with van der Waals surface area (Å²) in [6, 6.07) is 13.6. The van der Waals surface area contributed by atoms with Gasteiger partial charge in [0.25, 0.3) is 5.91 Å². The van der Waals surface area contributed by atoms with Crippen molar-refractivity contribution < 1.29 is 14.3 Å². The molecule has 1 amide bonds. The van der Waals surface area contributed by atoms with Crippen LogP contribution in [-0.4, -0.2) is 19.6 Å². The van der Waals surface area contributed by atoms with E-state index < -0.39 is 5.91 Å². The average molecular weight is 369 g/mol. The molecule has 0 bridgehead atoms. The van der Waals surface area contributed by atoms with Gasteiger partial charge in [0.2, 0.25) is 0 Å². The largest absolute Gasteiger partial charge is 0.493 e. The lowest BCUT2D eigenvalue weighted by Crippen LogP contribution is -2.13. The van der Waals surface area contributed by atoms with Crippen LogP contribution in [0.5, 0.6) is 11.5 Å². The molecule has 0 fully saturated rings. The molecule has 0 spiro atoms. The number of carbonyl (C=O) groups excluding carboxylic acids is 1. The Bertz CT molecular complexity index is 868. The van der Waals surface area contributed by atoms with E-state index in [9.17, 15) is 10.1 Å². The van der Waals surface area contributed by atoms with Crippen LogP contribution in [0.25, 0.3) is 6.08 Å². The standard InChI is InChI=1S/C20H17ClN2O3/c1-3-10-26-18-9-4-14(12-19(18)25-2)11-15(13-22)20(24)23-17-7-5-16(21)6-8-17/h3-9,11-12H,1,10H2,2H3,(H,23,24)/b15-11+. The van der Waals surface area contributed by atoms with E-state index in [2.05, 4.69) is 11.9 Å². The van der Waals surface area contributed by atoms with Crippen molar-refractivity contribution in [3.05, 3.63) is 71.3 Å². The zero-order chi connectivity index (χ0) is 18.9. The van der Waals surface area contributed by atoms with Crippen LogP contribution in [-0.2, 0) is 4.79 Å². The molecule has 1 N–H and O–H groups in total. The molecule has 6 heteroatoms. The van der Waals surface area contributed by atoms with Crippen LogP contribution in [0, 0.1) is 11.3 Å². The van der Waals surface area contributed by atoms with Gasteiger partial charge < -0.3 is 14.8 Å². The number of carbonyl (C=O) groups is 1. The maximum Gasteiger partial charge on any atom is 0.266 e. The van der Waals surface area contributed by atoms with E-state index >= 15 is 0 Å². The first-order chi connectivity index (χ1) is 12.6. The Kier molecular flexibility index (Phi) is 6.84. The van der Waals surface area contributed by atoms with Crippen LogP contribution >= 0.6 is 11.6 Å². The number of amides is 1. The highest BCUT2D eigenvalue weighted by molar-refractivity contribution is 6.30. The highest BCUT2D eigenvalue weighted by Gasteiger charge is 2.11. The van der Waals surface area contributed by atoms with Gasteiger partial charge in [-0.25, -0.2) is 0 Å². The summed E-state index contributed by atoms with van der Waals surface area (Å²) >= 11 is 5.81. The van der Waals surface area contributed by atoms with Crippen LogP contribution in [0.15, 0.2) is 60.7 Å². The van der Waals surface area contributed by atoms with E-state index in [4.69, 9.17) is 21.1 Å². The molecule has 0 unspecified atom stereocenters. The number of rotatable bonds is 7. The third-order valence-electron chi connectivity index (χ3n) is 3.32. The molecule has 2 rings (SSSR count). The molecule has 0 saturated heterocycles. The van der Waals surface area contributed by atoms with Gasteiger partial charge in [0.05, 0.1) is 7.11 Å². The molecule has 0 aromatic heterocycles. The quantitative estimate of drug-likeness (QED) is 0.445. The van der Waals surface area contributed by atoms with Crippen LogP contribution in [0.4, 0.5) is 5.69 Å². The Morgan fingerprint density at radius 3 is 2.62 bits per heavy atom. The van der Waals surface area contributed by atoms with Gasteiger partial charge in [0.1, 0.15) is 18.2 Å². The summed E-state index contributed by atoms with van der Waals surface area (Å²) in [5.74, 6) is 0.533. The van der Waals surface area contributed by atoms with E-state index in [0.29, 0.717) is 34.4 Å². The lowest BCUT2D eigenvalue weighted by molar-refractivity contribution is -0.112. The fourth-order valence-electron chi connectivity index (χ4n) is 2.09. The van der Waals surface area contributed by atoms with Gasteiger partial charge in [-0.2, -0.15) is 5.26 Å². The number of nitrogens with one attached hydrogen (secondary N) is 1. The van der Waals surface area contributed by atoms with Gasteiger partial charge in [-0.1, -0.05) is 30.3 Å². The van der Waals surface area contributed by atoms with E-state index in [1.807, 2.05) is 6.07 Å². The SMILES string of the molecule is C=CCOc1ccc(/C=C(\C#N)C(=O)Nc2ccc(Cl)cc2)cc1OC. The number of nitriles is 1. The summed E-state index contributed by atoms with van der Waals surface area (Å²) in [4.78, 5) is 12.3. The number of hydrogen-bond donors (Lipinski definition) is 1. The second kappa shape index (κ2) is 9.30.